The molecule has 2 unspecified atom stereocenters. The molecule has 0 aromatic heterocycles. The molecule has 2 saturated heterocycles. The second-order valence-electron chi connectivity index (χ2n) is 9.52. The average molecular weight is 449 g/mol. The standard InChI is InChI=1S/C25H35F3N4/c1-17(24(30-18(2)29-3)19-8-7-9-21(14-19)25(26,27)28)31-15-20-12-13-32(23(20)16-31)22-10-5-4-6-11-22/h7-9,14,20,22-23H,4-6,10-13,15-16H2,1-3H3,(H,29,30)/b24-17+. The van der Waals surface area contributed by atoms with Gasteiger partial charge in [0.1, 0.15) is 0 Å². The molecule has 32 heavy (non-hydrogen) atoms. The van der Waals surface area contributed by atoms with Crippen LogP contribution in [-0.2, 0) is 6.18 Å². The monoisotopic (exact) mass is 448 g/mol. The minimum atomic E-state index is -4.37. The molecule has 4 rings (SSSR count). The fourth-order valence-electron chi connectivity index (χ4n) is 5.75. The quantitative estimate of drug-likeness (QED) is 0.496. The summed E-state index contributed by atoms with van der Waals surface area (Å²) in [5, 5.41) is 3.29. The lowest BCUT2D eigenvalue weighted by Gasteiger charge is -2.36. The maximum absolute atomic E-state index is 13.4. The summed E-state index contributed by atoms with van der Waals surface area (Å²) in [5.74, 6) is 1.32. The Bertz CT molecular complexity index is 870. The van der Waals surface area contributed by atoms with E-state index in [1.807, 2.05) is 13.8 Å². The third kappa shape index (κ3) is 4.82. The first-order valence-electron chi connectivity index (χ1n) is 11.9. The van der Waals surface area contributed by atoms with Gasteiger partial charge in [-0.25, -0.2) is 0 Å². The number of nitrogens with zero attached hydrogens (tertiary/aromatic N) is 3. The van der Waals surface area contributed by atoms with Crippen molar-refractivity contribution in [1.82, 2.24) is 15.1 Å². The number of fused-ring (bicyclic) bond motifs is 1. The number of allylic oxidation sites excluding steroid dienone is 1. The molecule has 1 aromatic rings. The zero-order valence-electron chi connectivity index (χ0n) is 19.4. The van der Waals surface area contributed by atoms with Gasteiger partial charge in [0, 0.05) is 43.5 Å². The zero-order chi connectivity index (χ0) is 22.9. The van der Waals surface area contributed by atoms with Gasteiger partial charge in [0.05, 0.1) is 17.1 Å². The van der Waals surface area contributed by atoms with E-state index in [9.17, 15) is 13.2 Å². The van der Waals surface area contributed by atoms with Crippen LogP contribution in [0.4, 0.5) is 13.2 Å². The van der Waals surface area contributed by atoms with E-state index in [1.54, 1.807) is 13.1 Å². The Morgan fingerprint density at radius 3 is 2.50 bits per heavy atom. The van der Waals surface area contributed by atoms with E-state index in [2.05, 4.69) is 20.1 Å². The van der Waals surface area contributed by atoms with Gasteiger partial charge in [-0.15, -0.1) is 0 Å². The molecule has 2 heterocycles. The first-order chi connectivity index (χ1) is 15.3. The smallest absolute Gasteiger partial charge is 0.371 e. The molecule has 1 aromatic carbocycles. The molecule has 1 saturated carbocycles. The highest BCUT2D eigenvalue weighted by molar-refractivity contribution is 5.89. The Morgan fingerprint density at radius 1 is 1.06 bits per heavy atom. The van der Waals surface area contributed by atoms with Gasteiger partial charge in [-0.3, -0.25) is 9.89 Å². The summed E-state index contributed by atoms with van der Waals surface area (Å²) in [6, 6.07) is 6.85. The predicted molar refractivity (Wildman–Crippen MR) is 123 cm³/mol. The Morgan fingerprint density at radius 2 is 1.81 bits per heavy atom. The number of benzene rings is 1. The van der Waals surface area contributed by atoms with Crippen LogP contribution in [0.3, 0.4) is 0 Å². The van der Waals surface area contributed by atoms with Gasteiger partial charge in [-0.2, -0.15) is 13.2 Å². The van der Waals surface area contributed by atoms with E-state index >= 15 is 0 Å². The number of hydrogen-bond acceptors (Lipinski definition) is 3. The van der Waals surface area contributed by atoms with E-state index < -0.39 is 11.7 Å². The highest BCUT2D eigenvalue weighted by atomic mass is 19.4. The van der Waals surface area contributed by atoms with Crippen molar-refractivity contribution in [2.24, 2.45) is 10.9 Å². The van der Waals surface area contributed by atoms with Crippen LogP contribution in [0.25, 0.3) is 5.70 Å². The molecule has 0 spiro atoms. The van der Waals surface area contributed by atoms with Crippen molar-refractivity contribution in [1.29, 1.82) is 0 Å². The number of halogens is 3. The fourth-order valence-corrected chi connectivity index (χ4v) is 5.75. The Labute approximate surface area is 189 Å². The molecule has 0 radical (unpaired) electrons. The van der Waals surface area contributed by atoms with Gasteiger partial charge in [-0.1, -0.05) is 31.4 Å². The number of aliphatic imine (C=N–C) groups is 1. The molecule has 3 fully saturated rings. The Hall–Kier alpha value is -2.02. The lowest BCUT2D eigenvalue weighted by atomic mass is 9.93. The van der Waals surface area contributed by atoms with Crippen LogP contribution in [-0.4, -0.2) is 54.4 Å². The molecule has 2 atom stereocenters. The molecule has 4 nitrogen and oxygen atoms in total. The largest absolute Gasteiger partial charge is 0.416 e. The Kier molecular flexibility index (Phi) is 6.84. The minimum Gasteiger partial charge on any atom is -0.371 e. The maximum Gasteiger partial charge on any atom is 0.416 e. The third-order valence-electron chi connectivity index (χ3n) is 7.59. The van der Waals surface area contributed by atoms with Crippen LogP contribution in [0.1, 0.15) is 63.5 Å². The molecular weight excluding hydrogens is 413 g/mol. The zero-order valence-corrected chi connectivity index (χ0v) is 19.4. The summed E-state index contributed by atoms with van der Waals surface area (Å²) < 4.78 is 40.1. The molecule has 3 aliphatic rings. The lowest BCUT2D eigenvalue weighted by molar-refractivity contribution is -0.137. The van der Waals surface area contributed by atoms with Crippen LogP contribution < -0.4 is 5.32 Å². The normalized spacial score (nSPS) is 26.3. The third-order valence-corrected chi connectivity index (χ3v) is 7.59. The van der Waals surface area contributed by atoms with E-state index in [0.29, 0.717) is 35.1 Å². The van der Waals surface area contributed by atoms with Gasteiger partial charge in [0.15, 0.2) is 0 Å². The molecule has 0 amide bonds. The van der Waals surface area contributed by atoms with Gasteiger partial charge >= 0.3 is 6.18 Å². The number of likely N-dealkylation sites (tertiary alicyclic amines) is 2. The molecule has 2 aliphatic heterocycles. The number of amidine groups is 1. The van der Waals surface area contributed by atoms with E-state index in [-0.39, 0.29) is 0 Å². The molecule has 7 heteroatoms. The van der Waals surface area contributed by atoms with Crippen LogP contribution in [0.2, 0.25) is 0 Å². The summed E-state index contributed by atoms with van der Waals surface area (Å²) in [7, 11) is 1.68. The number of rotatable bonds is 4. The molecule has 1 N–H and O–H groups in total. The van der Waals surface area contributed by atoms with Crippen molar-refractivity contribution in [3.05, 3.63) is 41.1 Å². The van der Waals surface area contributed by atoms with E-state index in [4.69, 9.17) is 0 Å². The summed E-state index contributed by atoms with van der Waals surface area (Å²) >= 11 is 0. The van der Waals surface area contributed by atoms with Crippen molar-refractivity contribution in [3.8, 4) is 0 Å². The van der Waals surface area contributed by atoms with Crippen molar-refractivity contribution in [3.63, 3.8) is 0 Å². The second-order valence-corrected chi connectivity index (χ2v) is 9.52. The van der Waals surface area contributed by atoms with Crippen molar-refractivity contribution >= 4 is 11.5 Å². The first-order valence-corrected chi connectivity index (χ1v) is 11.9. The van der Waals surface area contributed by atoms with Crippen LogP contribution in [0, 0.1) is 5.92 Å². The number of hydrogen-bond donors (Lipinski definition) is 1. The van der Waals surface area contributed by atoms with Crippen LogP contribution >= 0.6 is 0 Å². The minimum absolute atomic E-state index is 0.543. The highest BCUT2D eigenvalue weighted by Crippen LogP contribution is 2.39. The summed E-state index contributed by atoms with van der Waals surface area (Å²) in [6.07, 6.45) is 3.49. The molecule has 1 aliphatic carbocycles. The average Bonchev–Trinajstić information content (AvgIpc) is 3.38. The molecule has 176 valence electrons. The van der Waals surface area contributed by atoms with Gasteiger partial charge in [0.2, 0.25) is 0 Å². The number of alkyl halides is 3. The fraction of sp³-hybridized carbons (Fsp3) is 0.640. The summed E-state index contributed by atoms with van der Waals surface area (Å²) in [4.78, 5) is 9.30. The van der Waals surface area contributed by atoms with Crippen molar-refractivity contribution in [2.45, 2.75) is 70.6 Å². The first kappa shape index (κ1) is 23.1. The second kappa shape index (κ2) is 9.46. The molecule has 0 bridgehead atoms. The lowest BCUT2D eigenvalue weighted by Crippen LogP contribution is -2.43. The van der Waals surface area contributed by atoms with Gasteiger partial charge in [0.25, 0.3) is 0 Å². The predicted octanol–water partition coefficient (Wildman–Crippen LogP) is 5.37. The summed E-state index contributed by atoms with van der Waals surface area (Å²) in [6.45, 7) is 6.96. The van der Waals surface area contributed by atoms with Gasteiger partial charge < -0.3 is 10.2 Å². The summed E-state index contributed by atoms with van der Waals surface area (Å²) in [5.41, 5.74) is 1.62. The van der Waals surface area contributed by atoms with E-state index in [1.165, 1.54) is 57.2 Å². The van der Waals surface area contributed by atoms with Crippen molar-refractivity contribution in [2.75, 3.05) is 26.7 Å². The molecular formula is C25H35F3N4. The van der Waals surface area contributed by atoms with Crippen molar-refractivity contribution < 1.29 is 13.2 Å². The van der Waals surface area contributed by atoms with Gasteiger partial charge in [-0.05, 0) is 57.7 Å². The highest BCUT2D eigenvalue weighted by Gasteiger charge is 2.44. The topological polar surface area (TPSA) is 30.9 Å². The maximum atomic E-state index is 13.4. The van der Waals surface area contributed by atoms with E-state index in [0.717, 1.165) is 24.9 Å². The Balaban J connectivity index is 1.61. The van der Waals surface area contributed by atoms with Crippen LogP contribution in [0.5, 0.6) is 0 Å². The SMILES string of the molecule is CN=C(C)N/C(=C(\C)N1CC2CCN(C3CCCCC3)C2C1)c1cccc(C(F)(F)F)c1. The van der Waals surface area contributed by atoms with Crippen LogP contribution in [0.15, 0.2) is 35.0 Å². The number of nitrogens with one attached hydrogen (secondary N) is 1.